The van der Waals surface area contributed by atoms with Crippen LogP contribution < -0.4 is 9.80 Å². The molecule has 5 nitrogen and oxygen atoms in total. The third kappa shape index (κ3) is 4.94. The van der Waals surface area contributed by atoms with Crippen LogP contribution in [0.25, 0.3) is 17.5 Å². The Hall–Kier alpha value is -2.76. The lowest BCUT2D eigenvalue weighted by Crippen LogP contribution is -3.27. The Kier molecular flexibility index (Phi) is 5.95. The first-order valence-corrected chi connectivity index (χ1v) is 10.0. The van der Waals surface area contributed by atoms with Gasteiger partial charge >= 0.3 is 0 Å². The highest BCUT2D eigenvalue weighted by Crippen LogP contribution is 2.18. The van der Waals surface area contributed by atoms with Crippen LogP contribution in [-0.2, 0) is 6.54 Å². The van der Waals surface area contributed by atoms with Crippen molar-refractivity contribution in [3.8, 4) is 11.5 Å². The average molecular weight is 377 g/mol. The highest BCUT2D eigenvalue weighted by Gasteiger charge is 2.24. The van der Waals surface area contributed by atoms with Gasteiger partial charge in [-0.25, -0.2) is 0 Å². The predicted molar refractivity (Wildman–Crippen MR) is 110 cm³/mol. The highest BCUT2D eigenvalue weighted by atomic mass is 16.4. The summed E-state index contributed by atoms with van der Waals surface area (Å²) in [5, 5.41) is 8.50. The van der Waals surface area contributed by atoms with Crippen LogP contribution in [-0.4, -0.2) is 42.9 Å². The zero-order valence-electron chi connectivity index (χ0n) is 16.4. The van der Waals surface area contributed by atoms with Gasteiger partial charge in [0.2, 0.25) is 5.89 Å². The Labute approximate surface area is 166 Å². The third-order valence-corrected chi connectivity index (χ3v) is 5.31. The highest BCUT2D eigenvalue weighted by molar-refractivity contribution is 5.53. The summed E-state index contributed by atoms with van der Waals surface area (Å²) in [6.07, 6.45) is 4.51. The number of aromatic nitrogens is 2. The quantitative estimate of drug-likeness (QED) is 0.676. The molecule has 1 aromatic heterocycles. The van der Waals surface area contributed by atoms with Crippen LogP contribution in [0.3, 0.4) is 0 Å². The second kappa shape index (κ2) is 8.95. The topological polar surface area (TPSA) is 47.8 Å². The molecule has 2 aromatic carbocycles. The fraction of sp³-hybridized carbons (Fsp3) is 0.304. The molecule has 1 saturated heterocycles. The number of nitrogens with zero attached hydrogens (tertiary/aromatic N) is 2. The first-order valence-electron chi connectivity index (χ1n) is 10.0. The zero-order valence-corrected chi connectivity index (χ0v) is 16.4. The van der Waals surface area contributed by atoms with Gasteiger partial charge in [-0.3, -0.25) is 0 Å². The predicted octanol–water partition coefficient (Wildman–Crippen LogP) is 1.04. The SMILES string of the molecule is Cc1cccc(-c2nnc(C[NH+]3CC[NH+](C/C=C/c4ccccc4)CC3)o2)c1. The van der Waals surface area contributed by atoms with Crippen LogP contribution in [0.4, 0.5) is 0 Å². The minimum Gasteiger partial charge on any atom is -0.415 e. The Morgan fingerprint density at radius 2 is 1.71 bits per heavy atom. The molecule has 2 N–H and O–H groups in total. The monoisotopic (exact) mass is 376 g/mol. The Balaban J connectivity index is 1.25. The van der Waals surface area contributed by atoms with Gasteiger partial charge in [-0.05, 0) is 30.7 Å². The molecule has 0 saturated carbocycles. The smallest absolute Gasteiger partial charge is 0.271 e. The number of quaternary nitrogens is 2. The Bertz CT molecular complexity index is 911. The molecule has 5 heteroatoms. The van der Waals surface area contributed by atoms with Gasteiger partial charge in [0, 0.05) is 5.56 Å². The van der Waals surface area contributed by atoms with Crippen LogP contribution in [0, 0.1) is 6.92 Å². The van der Waals surface area contributed by atoms with Gasteiger partial charge in [-0.2, -0.15) is 0 Å². The summed E-state index contributed by atoms with van der Waals surface area (Å²) in [5.74, 6) is 1.35. The van der Waals surface area contributed by atoms with Gasteiger partial charge < -0.3 is 14.2 Å². The molecule has 2 heterocycles. The maximum Gasteiger partial charge on any atom is 0.271 e. The van der Waals surface area contributed by atoms with Crippen LogP contribution in [0.15, 0.2) is 65.1 Å². The number of aryl methyl sites for hydroxylation is 1. The first kappa shape index (κ1) is 18.6. The number of hydrogen-bond donors (Lipinski definition) is 2. The van der Waals surface area contributed by atoms with E-state index in [-0.39, 0.29) is 0 Å². The summed E-state index contributed by atoms with van der Waals surface area (Å²) in [6, 6.07) is 18.7. The molecule has 0 radical (unpaired) electrons. The maximum atomic E-state index is 5.91. The summed E-state index contributed by atoms with van der Waals surface area (Å²) in [5.41, 5.74) is 3.46. The van der Waals surface area contributed by atoms with Crippen molar-refractivity contribution < 1.29 is 14.2 Å². The van der Waals surface area contributed by atoms with E-state index < -0.39 is 0 Å². The summed E-state index contributed by atoms with van der Waals surface area (Å²) >= 11 is 0. The summed E-state index contributed by atoms with van der Waals surface area (Å²) in [7, 11) is 0. The second-order valence-corrected chi connectivity index (χ2v) is 7.56. The number of benzene rings is 2. The number of piperazine rings is 1. The van der Waals surface area contributed by atoms with Crippen molar-refractivity contribution in [1.29, 1.82) is 0 Å². The van der Waals surface area contributed by atoms with E-state index in [1.54, 1.807) is 4.90 Å². The molecule has 0 unspecified atom stereocenters. The van der Waals surface area contributed by atoms with E-state index in [2.05, 4.69) is 71.7 Å². The number of rotatable bonds is 6. The lowest BCUT2D eigenvalue weighted by Gasteiger charge is -2.28. The minimum absolute atomic E-state index is 0.619. The molecule has 1 fully saturated rings. The molecule has 0 bridgehead atoms. The van der Waals surface area contributed by atoms with Gasteiger partial charge in [0.15, 0.2) is 6.54 Å². The van der Waals surface area contributed by atoms with Crippen molar-refractivity contribution in [1.82, 2.24) is 10.2 Å². The lowest BCUT2D eigenvalue weighted by atomic mass is 10.1. The lowest BCUT2D eigenvalue weighted by molar-refractivity contribution is -1.02. The van der Waals surface area contributed by atoms with Gasteiger partial charge in [-0.1, -0.05) is 54.1 Å². The molecular weight excluding hydrogens is 348 g/mol. The van der Waals surface area contributed by atoms with Crippen molar-refractivity contribution in [2.45, 2.75) is 13.5 Å². The molecule has 1 aliphatic rings. The van der Waals surface area contributed by atoms with Crippen LogP contribution in [0.2, 0.25) is 0 Å². The van der Waals surface area contributed by atoms with Crippen molar-refractivity contribution in [2.75, 3.05) is 32.7 Å². The Morgan fingerprint density at radius 1 is 0.929 bits per heavy atom. The maximum absolute atomic E-state index is 5.91. The first-order chi connectivity index (χ1) is 13.8. The van der Waals surface area contributed by atoms with Crippen molar-refractivity contribution in [3.05, 3.63) is 77.7 Å². The van der Waals surface area contributed by atoms with E-state index in [9.17, 15) is 0 Å². The van der Waals surface area contributed by atoms with Crippen molar-refractivity contribution in [2.24, 2.45) is 0 Å². The molecule has 0 spiro atoms. The van der Waals surface area contributed by atoms with Gasteiger partial charge in [0.25, 0.3) is 5.89 Å². The largest absolute Gasteiger partial charge is 0.415 e. The molecule has 3 aromatic rings. The number of nitrogens with one attached hydrogen (secondary N) is 2. The van der Waals surface area contributed by atoms with E-state index in [1.807, 2.05) is 12.1 Å². The molecule has 28 heavy (non-hydrogen) atoms. The Morgan fingerprint density at radius 3 is 2.50 bits per heavy atom. The molecule has 0 amide bonds. The van der Waals surface area contributed by atoms with E-state index in [0.29, 0.717) is 5.89 Å². The fourth-order valence-corrected chi connectivity index (χ4v) is 3.70. The van der Waals surface area contributed by atoms with E-state index in [0.717, 1.165) is 37.6 Å². The normalized spacial score (nSPS) is 19.9. The molecule has 1 aliphatic heterocycles. The summed E-state index contributed by atoms with van der Waals surface area (Å²) < 4.78 is 5.91. The summed E-state index contributed by atoms with van der Waals surface area (Å²) in [6.45, 7) is 8.59. The molecule has 144 valence electrons. The van der Waals surface area contributed by atoms with E-state index >= 15 is 0 Å². The van der Waals surface area contributed by atoms with Gasteiger partial charge in [-0.15, -0.1) is 10.2 Å². The average Bonchev–Trinajstić information content (AvgIpc) is 3.19. The van der Waals surface area contributed by atoms with Crippen LogP contribution >= 0.6 is 0 Å². The standard InChI is InChI=1S/C23H26N4O/c1-19-7-5-11-21(17-19)23-25-24-22(28-23)18-27-15-13-26(14-16-27)12-6-10-20-8-3-2-4-9-20/h2-11,17H,12-16,18H2,1H3/p+2/b10-6+. The molecular formula is C23H28N4O+2. The van der Waals surface area contributed by atoms with Crippen molar-refractivity contribution in [3.63, 3.8) is 0 Å². The van der Waals surface area contributed by atoms with Gasteiger partial charge in [0.05, 0.1) is 6.54 Å². The molecule has 0 aliphatic carbocycles. The van der Waals surface area contributed by atoms with E-state index in [4.69, 9.17) is 4.42 Å². The molecule has 0 atom stereocenters. The second-order valence-electron chi connectivity index (χ2n) is 7.56. The number of hydrogen-bond acceptors (Lipinski definition) is 3. The fourth-order valence-electron chi connectivity index (χ4n) is 3.70. The van der Waals surface area contributed by atoms with Crippen molar-refractivity contribution >= 4 is 6.08 Å². The van der Waals surface area contributed by atoms with Crippen LogP contribution in [0.5, 0.6) is 0 Å². The third-order valence-electron chi connectivity index (χ3n) is 5.31. The molecule has 4 rings (SSSR count). The zero-order chi connectivity index (χ0) is 19.2. The van der Waals surface area contributed by atoms with Gasteiger partial charge in [0.1, 0.15) is 26.2 Å². The minimum atomic E-state index is 0.619. The van der Waals surface area contributed by atoms with Crippen LogP contribution in [0.1, 0.15) is 17.0 Å². The summed E-state index contributed by atoms with van der Waals surface area (Å²) in [4.78, 5) is 3.16. The van der Waals surface area contributed by atoms with E-state index in [1.165, 1.54) is 29.1 Å².